The second kappa shape index (κ2) is 4.87. The summed E-state index contributed by atoms with van der Waals surface area (Å²) in [5.74, 6) is -0.0524. The number of nitrogens with one attached hydrogen (secondary N) is 1. The van der Waals surface area contributed by atoms with Crippen LogP contribution in [0.5, 0.6) is 0 Å². The van der Waals surface area contributed by atoms with Crippen LogP contribution < -0.4 is 10.2 Å². The Kier molecular flexibility index (Phi) is 3.97. The Balaban J connectivity index is 2.83. The van der Waals surface area contributed by atoms with Gasteiger partial charge in [-0.25, -0.2) is 0 Å². The molecule has 0 aromatic heterocycles. The van der Waals surface area contributed by atoms with Gasteiger partial charge in [0.1, 0.15) is 0 Å². The van der Waals surface area contributed by atoms with Crippen LogP contribution in [0.15, 0.2) is 24.3 Å². The van der Waals surface area contributed by atoms with Crippen molar-refractivity contribution in [1.29, 1.82) is 0 Å². The predicted octanol–water partition coefficient (Wildman–Crippen LogP) is 2.86. The van der Waals surface area contributed by atoms with E-state index >= 15 is 0 Å². The van der Waals surface area contributed by atoms with Gasteiger partial charge in [-0.05, 0) is 32.0 Å². The SMILES string of the molecule is CN(C)c1cccc(NC(=O)C(C)(C)Br)c1. The van der Waals surface area contributed by atoms with Crippen molar-refractivity contribution in [3.8, 4) is 0 Å². The van der Waals surface area contributed by atoms with Crippen molar-refractivity contribution in [2.24, 2.45) is 0 Å². The quantitative estimate of drug-likeness (QED) is 0.866. The van der Waals surface area contributed by atoms with E-state index < -0.39 is 4.32 Å². The summed E-state index contributed by atoms with van der Waals surface area (Å²) in [5, 5.41) is 2.86. The number of hydrogen-bond donors (Lipinski definition) is 1. The molecule has 0 heterocycles. The van der Waals surface area contributed by atoms with Gasteiger partial charge >= 0.3 is 0 Å². The van der Waals surface area contributed by atoms with Crippen molar-refractivity contribution in [3.05, 3.63) is 24.3 Å². The van der Waals surface area contributed by atoms with Gasteiger partial charge in [-0.1, -0.05) is 22.0 Å². The summed E-state index contributed by atoms with van der Waals surface area (Å²) in [6.07, 6.45) is 0. The van der Waals surface area contributed by atoms with Crippen LogP contribution in [0.25, 0.3) is 0 Å². The van der Waals surface area contributed by atoms with E-state index in [9.17, 15) is 4.79 Å². The first-order valence-electron chi connectivity index (χ1n) is 5.08. The number of rotatable bonds is 3. The Morgan fingerprint density at radius 2 is 2.00 bits per heavy atom. The van der Waals surface area contributed by atoms with Gasteiger partial charge in [-0.15, -0.1) is 0 Å². The summed E-state index contributed by atoms with van der Waals surface area (Å²) in [7, 11) is 3.94. The van der Waals surface area contributed by atoms with Crippen LogP contribution in [-0.2, 0) is 4.79 Å². The molecule has 1 N–H and O–H groups in total. The van der Waals surface area contributed by atoms with Gasteiger partial charge in [-0.3, -0.25) is 4.79 Å². The fraction of sp³-hybridized carbons (Fsp3) is 0.417. The molecular weight excluding hydrogens is 268 g/mol. The fourth-order valence-electron chi connectivity index (χ4n) is 1.14. The van der Waals surface area contributed by atoms with E-state index in [0.29, 0.717) is 0 Å². The highest BCUT2D eigenvalue weighted by molar-refractivity contribution is 9.10. The van der Waals surface area contributed by atoms with Gasteiger partial charge in [-0.2, -0.15) is 0 Å². The maximum atomic E-state index is 11.7. The lowest BCUT2D eigenvalue weighted by molar-refractivity contribution is -0.117. The molecule has 0 unspecified atom stereocenters. The first kappa shape index (κ1) is 13.0. The first-order chi connectivity index (χ1) is 7.30. The molecule has 3 nitrogen and oxygen atoms in total. The maximum absolute atomic E-state index is 11.7. The monoisotopic (exact) mass is 284 g/mol. The van der Waals surface area contributed by atoms with E-state index in [2.05, 4.69) is 21.2 Å². The lowest BCUT2D eigenvalue weighted by Crippen LogP contribution is -2.31. The molecule has 88 valence electrons. The third-order valence-electron chi connectivity index (χ3n) is 2.16. The van der Waals surface area contributed by atoms with E-state index in [1.54, 1.807) is 0 Å². The minimum Gasteiger partial charge on any atom is -0.378 e. The number of halogens is 1. The van der Waals surface area contributed by atoms with E-state index in [0.717, 1.165) is 11.4 Å². The number of carbonyl (C=O) groups excluding carboxylic acids is 1. The Bertz CT molecular complexity index is 383. The molecule has 4 heteroatoms. The van der Waals surface area contributed by atoms with Crippen molar-refractivity contribution in [2.75, 3.05) is 24.3 Å². The molecule has 0 fully saturated rings. The van der Waals surface area contributed by atoms with Crippen molar-refractivity contribution < 1.29 is 4.79 Å². The highest BCUT2D eigenvalue weighted by Gasteiger charge is 2.23. The van der Waals surface area contributed by atoms with Crippen molar-refractivity contribution >= 4 is 33.2 Å². The minimum atomic E-state index is -0.554. The molecule has 16 heavy (non-hydrogen) atoms. The number of carbonyl (C=O) groups is 1. The molecule has 0 atom stereocenters. The second-order valence-electron chi connectivity index (χ2n) is 4.37. The zero-order chi connectivity index (χ0) is 12.3. The van der Waals surface area contributed by atoms with Crippen molar-refractivity contribution in [2.45, 2.75) is 18.2 Å². The number of alkyl halides is 1. The fourth-order valence-corrected chi connectivity index (χ4v) is 1.24. The molecule has 0 spiro atoms. The Morgan fingerprint density at radius 1 is 1.38 bits per heavy atom. The molecule has 1 aromatic rings. The molecule has 0 aliphatic carbocycles. The zero-order valence-corrected chi connectivity index (χ0v) is 11.6. The molecule has 0 radical (unpaired) electrons. The Hall–Kier alpha value is -1.03. The van der Waals surface area contributed by atoms with Crippen LogP contribution in [0.4, 0.5) is 11.4 Å². The smallest absolute Gasteiger partial charge is 0.240 e. The van der Waals surface area contributed by atoms with Crippen LogP contribution in [0.3, 0.4) is 0 Å². The molecular formula is C12H17BrN2O. The predicted molar refractivity (Wildman–Crippen MR) is 72.4 cm³/mol. The van der Waals surface area contributed by atoms with E-state index in [4.69, 9.17) is 0 Å². The molecule has 0 aliphatic rings. The van der Waals surface area contributed by atoms with E-state index in [1.165, 1.54) is 0 Å². The van der Waals surface area contributed by atoms with Gasteiger partial charge in [0.15, 0.2) is 0 Å². The third kappa shape index (κ3) is 3.52. The number of benzene rings is 1. The topological polar surface area (TPSA) is 32.3 Å². The normalized spacial score (nSPS) is 11.1. The first-order valence-corrected chi connectivity index (χ1v) is 5.88. The van der Waals surface area contributed by atoms with Crippen molar-refractivity contribution in [3.63, 3.8) is 0 Å². The summed E-state index contributed by atoms with van der Waals surface area (Å²) in [4.78, 5) is 13.7. The third-order valence-corrected chi connectivity index (χ3v) is 2.52. The highest BCUT2D eigenvalue weighted by Crippen LogP contribution is 2.21. The molecule has 0 bridgehead atoms. The molecule has 1 aromatic carbocycles. The van der Waals surface area contributed by atoms with E-state index in [1.807, 2.05) is 57.1 Å². The van der Waals surface area contributed by atoms with Gasteiger partial charge in [0, 0.05) is 25.5 Å². The molecule has 0 saturated heterocycles. The van der Waals surface area contributed by atoms with Gasteiger partial charge < -0.3 is 10.2 Å². The largest absolute Gasteiger partial charge is 0.378 e. The number of amides is 1. The summed E-state index contributed by atoms with van der Waals surface area (Å²) in [6, 6.07) is 7.74. The van der Waals surface area contributed by atoms with E-state index in [-0.39, 0.29) is 5.91 Å². The lowest BCUT2D eigenvalue weighted by Gasteiger charge is -2.18. The van der Waals surface area contributed by atoms with Gasteiger partial charge in [0.2, 0.25) is 5.91 Å². The Labute approximate surface area is 105 Å². The minimum absolute atomic E-state index is 0.0524. The molecule has 1 rings (SSSR count). The van der Waals surface area contributed by atoms with Crippen LogP contribution >= 0.6 is 15.9 Å². The number of hydrogen-bond acceptors (Lipinski definition) is 2. The molecule has 0 saturated carbocycles. The van der Waals surface area contributed by atoms with Crippen molar-refractivity contribution in [1.82, 2.24) is 0 Å². The number of nitrogens with zero attached hydrogens (tertiary/aromatic N) is 1. The zero-order valence-electron chi connectivity index (χ0n) is 10.0. The van der Waals surface area contributed by atoms with Gasteiger partial charge in [0.05, 0.1) is 4.32 Å². The molecule has 0 aliphatic heterocycles. The summed E-state index contributed by atoms with van der Waals surface area (Å²) in [6.45, 7) is 3.64. The second-order valence-corrected chi connectivity index (χ2v) is 6.35. The van der Waals surface area contributed by atoms with Crippen LogP contribution in [0.1, 0.15) is 13.8 Å². The molecule has 1 amide bonds. The summed E-state index contributed by atoms with van der Waals surface area (Å²) < 4.78 is -0.554. The lowest BCUT2D eigenvalue weighted by atomic mass is 10.2. The maximum Gasteiger partial charge on any atom is 0.240 e. The number of anilines is 2. The van der Waals surface area contributed by atoms with Crippen LogP contribution in [0.2, 0.25) is 0 Å². The highest BCUT2D eigenvalue weighted by atomic mass is 79.9. The van der Waals surface area contributed by atoms with Crippen LogP contribution in [-0.4, -0.2) is 24.3 Å². The summed E-state index contributed by atoms with van der Waals surface area (Å²) >= 11 is 3.33. The average molecular weight is 285 g/mol. The summed E-state index contributed by atoms with van der Waals surface area (Å²) in [5.41, 5.74) is 1.87. The van der Waals surface area contributed by atoms with Gasteiger partial charge in [0.25, 0.3) is 0 Å². The standard InChI is InChI=1S/C12H17BrN2O/c1-12(2,13)11(16)14-9-6-5-7-10(8-9)15(3)4/h5-8H,1-4H3,(H,14,16). The van der Waals surface area contributed by atoms with Crippen LogP contribution in [0, 0.1) is 0 Å². The Morgan fingerprint density at radius 3 is 2.50 bits per heavy atom. The average Bonchev–Trinajstić information content (AvgIpc) is 2.16.